The Hall–Kier alpha value is -3.52. The third kappa shape index (κ3) is 4.49. The number of carbonyl (C=O) groups excluding carboxylic acids is 1. The lowest BCUT2D eigenvalue weighted by Gasteiger charge is -2.15. The number of fused-ring (bicyclic) bond motifs is 1. The standard InChI is InChI=1S/C23H25N5O3/c1-15(16-9-10-20(31-2)17(13-16)14-28-11-5-6-12-28)24-27-23(30)21-18-7-3-4-8-19(18)22(29)26-25-21/h3-4,7-10,13H,5-6,11-12,14H2,1-2H3,(H,26,29)(H,27,30)/p+1/b24-15-. The molecule has 0 aliphatic carbocycles. The highest BCUT2D eigenvalue weighted by molar-refractivity contribution is 6.06. The first kappa shape index (κ1) is 20.7. The van der Waals surface area contributed by atoms with E-state index in [-0.39, 0.29) is 11.3 Å². The Labute approximate surface area is 179 Å². The van der Waals surface area contributed by atoms with Gasteiger partial charge in [0.25, 0.3) is 11.5 Å². The molecule has 8 heteroatoms. The van der Waals surface area contributed by atoms with Crippen molar-refractivity contribution in [2.45, 2.75) is 26.3 Å². The number of methoxy groups -OCH3 is 1. The van der Waals surface area contributed by atoms with Crippen molar-refractivity contribution >= 4 is 22.4 Å². The second kappa shape index (κ2) is 9.09. The number of carbonyl (C=O) groups is 1. The fourth-order valence-corrected chi connectivity index (χ4v) is 4.00. The third-order valence-corrected chi connectivity index (χ3v) is 5.69. The number of amides is 1. The molecule has 31 heavy (non-hydrogen) atoms. The van der Waals surface area contributed by atoms with Gasteiger partial charge in [0.05, 0.1) is 31.3 Å². The van der Waals surface area contributed by atoms with E-state index in [0.717, 1.165) is 23.4 Å². The number of hydrogen-bond acceptors (Lipinski definition) is 5. The number of benzene rings is 2. The largest absolute Gasteiger partial charge is 0.496 e. The van der Waals surface area contributed by atoms with Gasteiger partial charge in [0.2, 0.25) is 0 Å². The molecular formula is C23H26N5O3+. The number of hydrogen-bond donors (Lipinski definition) is 3. The fraction of sp³-hybridized carbons (Fsp3) is 0.304. The quantitative estimate of drug-likeness (QED) is 0.413. The molecule has 0 bridgehead atoms. The molecular weight excluding hydrogens is 394 g/mol. The Morgan fingerprint density at radius 1 is 1.19 bits per heavy atom. The van der Waals surface area contributed by atoms with Crippen molar-refractivity contribution in [2.24, 2.45) is 5.10 Å². The van der Waals surface area contributed by atoms with Gasteiger partial charge in [-0.3, -0.25) is 9.59 Å². The van der Waals surface area contributed by atoms with E-state index in [4.69, 9.17) is 4.74 Å². The highest BCUT2D eigenvalue weighted by atomic mass is 16.5. The minimum Gasteiger partial charge on any atom is -0.496 e. The number of aromatic nitrogens is 2. The Morgan fingerprint density at radius 3 is 2.68 bits per heavy atom. The molecule has 3 aromatic rings. The van der Waals surface area contributed by atoms with Gasteiger partial charge < -0.3 is 9.64 Å². The van der Waals surface area contributed by atoms with Gasteiger partial charge in [-0.05, 0) is 36.8 Å². The summed E-state index contributed by atoms with van der Waals surface area (Å²) < 4.78 is 5.54. The predicted molar refractivity (Wildman–Crippen MR) is 119 cm³/mol. The van der Waals surface area contributed by atoms with Crippen LogP contribution in [0.1, 0.15) is 41.4 Å². The molecule has 2 aromatic carbocycles. The van der Waals surface area contributed by atoms with E-state index in [1.54, 1.807) is 36.3 Å². The van der Waals surface area contributed by atoms with Gasteiger partial charge in [-0.25, -0.2) is 10.5 Å². The zero-order valence-electron chi connectivity index (χ0n) is 17.7. The maximum absolute atomic E-state index is 12.7. The van der Waals surface area contributed by atoms with Crippen molar-refractivity contribution in [3.05, 3.63) is 69.6 Å². The second-order valence-electron chi connectivity index (χ2n) is 7.75. The fourth-order valence-electron chi connectivity index (χ4n) is 4.00. The van der Waals surface area contributed by atoms with E-state index in [1.807, 2.05) is 19.1 Å². The molecule has 0 spiro atoms. The number of nitrogens with one attached hydrogen (secondary N) is 3. The average molecular weight is 420 g/mol. The van der Waals surface area contributed by atoms with Crippen molar-refractivity contribution in [2.75, 3.05) is 20.2 Å². The van der Waals surface area contributed by atoms with Crippen LogP contribution in [-0.2, 0) is 6.54 Å². The molecule has 0 saturated carbocycles. The summed E-state index contributed by atoms with van der Waals surface area (Å²) in [4.78, 5) is 26.2. The predicted octanol–water partition coefficient (Wildman–Crippen LogP) is 1.26. The third-order valence-electron chi connectivity index (χ3n) is 5.69. The highest BCUT2D eigenvalue weighted by Crippen LogP contribution is 2.20. The van der Waals surface area contributed by atoms with Crippen molar-refractivity contribution < 1.29 is 14.4 Å². The van der Waals surface area contributed by atoms with E-state index in [0.29, 0.717) is 16.5 Å². The summed E-state index contributed by atoms with van der Waals surface area (Å²) in [6.45, 7) is 5.10. The van der Waals surface area contributed by atoms with E-state index in [2.05, 4.69) is 26.8 Å². The zero-order valence-corrected chi connectivity index (χ0v) is 17.7. The number of rotatable bonds is 6. The molecule has 8 nitrogen and oxygen atoms in total. The summed E-state index contributed by atoms with van der Waals surface area (Å²) in [5.41, 5.74) is 5.06. The summed E-state index contributed by atoms with van der Waals surface area (Å²) in [5.74, 6) is 0.381. The summed E-state index contributed by atoms with van der Waals surface area (Å²) in [6.07, 6.45) is 2.52. The minimum atomic E-state index is -0.484. The van der Waals surface area contributed by atoms with Crippen LogP contribution in [0.2, 0.25) is 0 Å². The van der Waals surface area contributed by atoms with Gasteiger partial charge >= 0.3 is 0 Å². The van der Waals surface area contributed by atoms with Crippen molar-refractivity contribution in [1.29, 1.82) is 0 Å². The first-order valence-corrected chi connectivity index (χ1v) is 10.4. The maximum Gasteiger partial charge on any atom is 0.292 e. The van der Waals surface area contributed by atoms with Gasteiger partial charge in [0.15, 0.2) is 5.69 Å². The monoisotopic (exact) mass is 420 g/mol. The number of likely N-dealkylation sites (tertiary alicyclic amines) is 1. The summed E-state index contributed by atoms with van der Waals surface area (Å²) in [6, 6.07) is 12.8. The molecule has 1 fully saturated rings. The Morgan fingerprint density at radius 2 is 1.94 bits per heavy atom. The Bertz CT molecular complexity index is 1200. The molecule has 3 N–H and O–H groups in total. The van der Waals surface area contributed by atoms with E-state index in [9.17, 15) is 9.59 Å². The average Bonchev–Trinajstić information content (AvgIpc) is 3.31. The van der Waals surface area contributed by atoms with Crippen LogP contribution >= 0.6 is 0 Å². The molecule has 4 rings (SSSR count). The smallest absolute Gasteiger partial charge is 0.292 e. The molecule has 1 aromatic heterocycles. The molecule has 1 saturated heterocycles. The summed E-state index contributed by atoms with van der Waals surface area (Å²) >= 11 is 0. The topological polar surface area (TPSA) is 101 Å². The van der Waals surface area contributed by atoms with Gasteiger partial charge in [0, 0.05) is 23.8 Å². The lowest BCUT2D eigenvalue weighted by Crippen LogP contribution is -3.08. The SMILES string of the molecule is COc1ccc(/C(C)=N\NC(=O)c2n[nH]c(=O)c3ccccc23)cc1C[NH+]1CCCC1. The van der Waals surface area contributed by atoms with Crippen molar-refractivity contribution in [3.8, 4) is 5.75 Å². The van der Waals surface area contributed by atoms with Crippen LogP contribution in [-0.4, -0.2) is 42.0 Å². The van der Waals surface area contributed by atoms with Gasteiger partial charge in [-0.2, -0.15) is 10.2 Å². The summed E-state index contributed by atoms with van der Waals surface area (Å²) in [5, 5.41) is 11.4. The molecule has 0 atom stereocenters. The van der Waals surface area contributed by atoms with Gasteiger partial charge in [-0.15, -0.1) is 0 Å². The van der Waals surface area contributed by atoms with Gasteiger partial charge in [0.1, 0.15) is 12.3 Å². The van der Waals surface area contributed by atoms with Gasteiger partial charge in [-0.1, -0.05) is 18.2 Å². The number of H-pyrrole nitrogens is 1. The van der Waals surface area contributed by atoms with Crippen LogP contribution in [0.4, 0.5) is 0 Å². The number of ether oxygens (including phenoxy) is 1. The van der Waals surface area contributed by atoms with Crippen LogP contribution in [0, 0.1) is 0 Å². The zero-order chi connectivity index (χ0) is 21.8. The van der Waals surface area contributed by atoms with Crippen LogP contribution in [0.5, 0.6) is 5.75 Å². The summed E-state index contributed by atoms with van der Waals surface area (Å²) in [7, 11) is 1.68. The van der Waals surface area contributed by atoms with Crippen LogP contribution < -0.4 is 20.6 Å². The Kier molecular flexibility index (Phi) is 6.08. The Balaban J connectivity index is 1.55. The number of hydrazone groups is 1. The molecule has 1 aliphatic rings. The lowest BCUT2D eigenvalue weighted by molar-refractivity contribution is -0.901. The van der Waals surface area contributed by atoms with Crippen LogP contribution in [0.15, 0.2) is 52.4 Å². The highest BCUT2D eigenvalue weighted by Gasteiger charge is 2.19. The van der Waals surface area contributed by atoms with E-state index < -0.39 is 5.91 Å². The lowest BCUT2D eigenvalue weighted by atomic mass is 10.1. The van der Waals surface area contributed by atoms with E-state index in [1.165, 1.54) is 25.9 Å². The number of aromatic amines is 1. The van der Waals surface area contributed by atoms with E-state index >= 15 is 0 Å². The molecule has 160 valence electrons. The van der Waals surface area contributed by atoms with Crippen LogP contribution in [0.3, 0.4) is 0 Å². The number of nitrogens with zero attached hydrogens (tertiary/aromatic N) is 2. The second-order valence-corrected chi connectivity index (χ2v) is 7.75. The van der Waals surface area contributed by atoms with Crippen molar-refractivity contribution in [3.63, 3.8) is 0 Å². The number of quaternary nitrogens is 1. The molecule has 1 amide bonds. The maximum atomic E-state index is 12.7. The molecule has 1 aliphatic heterocycles. The first-order valence-electron chi connectivity index (χ1n) is 10.4. The minimum absolute atomic E-state index is 0.125. The normalized spacial score (nSPS) is 14.7. The van der Waals surface area contributed by atoms with Crippen LogP contribution in [0.25, 0.3) is 10.8 Å². The van der Waals surface area contributed by atoms with Crippen molar-refractivity contribution in [1.82, 2.24) is 15.6 Å². The molecule has 0 radical (unpaired) electrons. The first-order chi connectivity index (χ1) is 15.1. The molecule has 2 heterocycles. The molecule has 0 unspecified atom stereocenters.